The molecule has 1 aromatic heterocycles. The second kappa shape index (κ2) is 7.46. The fourth-order valence-corrected chi connectivity index (χ4v) is 4.07. The monoisotopic (exact) mass is 427 g/mol. The number of halogens is 1. The standard InChI is InChI=1S/C25H18FN3O3/c1-14-2-4-15(5-3-14)21-20-22(28-27-21)24(30)29(19-12-8-17(9-13-19)25(31)32)23(20)16-6-10-18(26)11-7-16/h2-13,23H,1H3,(H,27,28)(H,31,32)/t23-/m1/s1. The summed E-state index contributed by atoms with van der Waals surface area (Å²) in [4.78, 5) is 26.3. The minimum absolute atomic E-state index is 0.124. The van der Waals surface area contributed by atoms with Crippen LogP contribution in [-0.2, 0) is 0 Å². The van der Waals surface area contributed by atoms with E-state index in [4.69, 9.17) is 0 Å². The van der Waals surface area contributed by atoms with Gasteiger partial charge >= 0.3 is 5.97 Å². The number of nitrogens with one attached hydrogen (secondary N) is 1. The Kier molecular flexibility index (Phi) is 4.59. The summed E-state index contributed by atoms with van der Waals surface area (Å²) in [6.45, 7) is 1.99. The highest BCUT2D eigenvalue weighted by atomic mass is 19.1. The molecule has 5 rings (SSSR count). The number of carbonyl (C=O) groups is 2. The van der Waals surface area contributed by atoms with Gasteiger partial charge in [0.2, 0.25) is 0 Å². The Hall–Kier alpha value is -4.26. The summed E-state index contributed by atoms with van der Waals surface area (Å²) in [5.74, 6) is -1.71. The molecule has 0 aliphatic carbocycles. The lowest BCUT2D eigenvalue weighted by molar-refractivity contribution is 0.0696. The number of carboxylic acids is 1. The van der Waals surface area contributed by atoms with E-state index in [0.717, 1.165) is 16.7 Å². The summed E-state index contributed by atoms with van der Waals surface area (Å²) >= 11 is 0. The molecule has 0 radical (unpaired) electrons. The number of aromatic nitrogens is 2. The molecular weight excluding hydrogens is 409 g/mol. The maximum absolute atomic E-state index is 13.7. The first-order valence-electron chi connectivity index (χ1n) is 10.0. The van der Waals surface area contributed by atoms with Crippen molar-refractivity contribution in [2.24, 2.45) is 0 Å². The van der Waals surface area contributed by atoms with Gasteiger partial charge in [-0.2, -0.15) is 5.10 Å². The number of benzene rings is 3. The summed E-state index contributed by atoms with van der Waals surface area (Å²) in [5, 5.41) is 16.5. The predicted molar refractivity (Wildman–Crippen MR) is 117 cm³/mol. The average molecular weight is 427 g/mol. The molecule has 0 spiro atoms. The van der Waals surface area contributed by atoms with Crippen LogP contribution in [0.5, 0.6) is 0 Å². The van der Waals surface area contributed by atoms with Crippen LogP contribution >= 0.6 is 0 Å². The Balaban J connectivity index is 1.68. The largest absolute Gasteiger partial charge is 0.478 e. The molecule has 0 fully saturated rings. The maximum Gasteiger partial charge on any atom is 0.335 e. The third kappa shape index (κ3) is 3.15. The molecule has 7 heteroatoms. The minimum Gasteiger partial charge on any atom is -0.478 e. The van der Waals surface area contributed by atoms with Crippen LogP contribution in [0.1, 0.15) is 43.6 Å². The molecule has 1 aliphatic heterocycles. The van der Waals surface area contributed by atoms with Gasteiger partial charge in [-0.1, -0.05) is 42.0 Å². The van der Waals surface area contributed by atoms with E-state index in [1.807, 2.05) is 31.2 Å². The lowest BCUT2D eigenvalue weighted by Gasteiger charge is -2.26. The number of anilines is 1. The summed E-state index contributed by atoms with van der Waals surface area (Å²) in [6, 6.07) is 19.4. The number of nitrogens with zero attached hydrogens (tertiary/aromatic N) is 2. The van der Waals surface area contributed by atoms with E-state index in [1.54, 1.807) is 29.2 Å². The molecule has 2 N–H and O–H groups in total. The number of aromatic carboxylic acids is 1. The van der Waals surface area contributed by atoms with E-state index in [9.17, 15) is 19.1 Å². The van der Waals surface area contributed by atoms with Gasteiger partial charge < -0.3 is 5.11 Å². The molecule has 3 aromatic carbocycles. The number of carboxylic acid groups (broad SMARTS) is 1. The molecule has 1 amide bonds. The van der Waals surface area contributed by atoms with Crippen molar-refractivity contribution < 1.29 is 19.1 Å². The van der Waals surface area contributed by atoms with Crippen molar-refractivity contribution in [1.29, 1.82) is 0 Å². The van der Waals surface area contributed by atoms with Crippen LogP contribution in [0.15, 0.2) is 72.8 Å². The van der Waals surface area contributed by atoms with Crippen molar-refractivity contribution in [1.82, 2.24) is 10.2 Å². The van der Waals surface area contributed by atoms with Gasteiger partial charge in [-0.15, -0.1) is 0 Å². The molecule has 0 bridgehead atoms. The Bertz CT molecular complexity index is 1330. The molecule has 158 valence electrons. The first-order valence-corrected chi connectivity index (χ1v) is 10.0. The zero-order valence-corrected chi connectivity index (χ0v) is 17.0. The highest BCUT2D eigenvalue weighted by Crippen LogP contribution is 2.45. The molecule has 32 heavy (non-hydrogen) atoms. The Labute approximate surface area is 182 Å². The first-order chi connectivity index (χ1) is 15.4. The number of fused-ring (bicyclic) bond motifs is 1. The second-order valence-electron chi connectivity index (χ2n) is 7.71. The van der Waals surface area contributed by atoms with Crippen LogP contribution in [0.2, 0.25) is 0 Å². The summed E-state index contributed by atoms with van der Waals surface area (Å²) in [7, 11) is 0. The first kappa shape index (κ1) is 19.7. The number of aromatic amines is 1. The van der Waals surface area contributed by atoms with Crippen molar-refractivity contribution in [2.45, 2.75) is 13.0 Å². The second-order valence-corrected chi connectivity index (χ2v) is 7.71. The highest BCUT2D eigenvalue weighted by molar-refractivity contribution is 6.11. The topological polar surface area (TPSA) is 86.3 Å². The van der Waals surface area contributed by atoms with Crippen LogP contribution in [0.4, 0.5) is 10.1 Å². The SMILES string of the molecule is Cc1ccc(-c2n[nH]c3c2[C@@H](c2ccc(F)cc2)N(c2ccc(C(=O)O)cc2)C3=O)cc1. The van der Waals surface area contributed by atoms with E-state index in [1.165, 1.54) is 24.3 Å². The van der Waals surface area contributed by atoms with Crippen molar-refractivity contribution in [3.8, 4) is 11.3 Å². The number of aryl methyl sites for hydroxylation is 1. The smallest absolute Gasteiger partial charge is 0.335 e. The van der Waals surface area contributed by atoms with E-state index >= 15 is 0 Å². The van der Waals surface area contributed by atoms with Gasteiger partial charge in [0.15, 0.2) is 0 Å². The van der Waals surface area contributed by atoms with E-state index in [0.29, 0.717) is 22.6 Å². The number of H-pyrrole nitrogens is 1. The van der Waals surface area contributed by atoms with E-state index in [2.05, 4.69) is 10.2 Å². The summed E-state index contributed by atoms with van der Waals surface area (Å²) in [5.41, 5.74) is 5.05. The zero-order valence-electron chi connectivity index (χ0n) is 17.0. The number of amides is 1. The normalized spacial score (nSPS) is 15.1. The van der Waals surface area contributed by atoms with Crippen LogP contribution in [0.3, 0.4) is 0 Å². The van der Waals surface area contributed by atoms with E-state index < -0.39 is 12.0 Å². The molecule has 1 atom stereocenters. The lowest BCUT2D eigenvalue weighted by atomic mass is 9.95. The van der Waals surface area contributed by atoms with Crippen molar-refractivity contribution >= 4 is 17.6 Å². The molecule has 0 saturated carbocycles. The minimum atomic E-state index is -1.05. The summed E-state index contributed by atoms with van der Waals surface area (Å²) < 4.78 is 13.7. The van der Waals surface area contributed by atoms with Crippen molar-refractivity contribution in [3.05, 3.63) is 107 Å². The molecule has 0 saturated heterocycles. The van der Waals surface area contributed by atoms with Crippen molar-refractivity contribution in [2.75, 3.05) is 4.90 Å². The molecule has 0 unspecified atom stereocenters. The Morgan fingerprint density at radius 3 is 2.28 bits per heavy atom. The Morgan fingerprint density at radius 2 is 1.66 bits per heavy atom. The fourth-order valence-electron chi connectivity index (χ4n) is 4.07. The third-order valence-electron chi connectivity index (χ3n) is 5.67. The number of carbonyl (C=O) groups excluding carboxylic acids is 1. The summed E-state index contributed by atoms with van der Waals surface area (Å²) in [6.07, 6.45) is 0. The molecule has 6 nitrogen and oxygen atoms in total. The van der Waals surface area contributed by atoms with Crippen LogP contribution < -0.4 is 4.90 Å². The zero-order chi connectivity index (χ0) is 22.4. The van der Waals surface area contributed by atoms with E-state index in [-0.39, 0.29) is 17.3 Å². The maximum atomic E-state index is 13.7. The van der Waals surface area contributed by atoms with Gasteiger partial charge in [0.05, 0.1) is 17.3 Å². The number of hydrogen-bond donors (Lipinski definition) is 2. The van der Waals surface area contributed by atoms with Crippen LogP contribution in [0, 0.1) is 12.7 Å². The van der Waals surface area contributed by atoms with Gasteiger partial charge in [0, 0.05) is 16.8 Å². The van der Waals surface area contributed by atoms with Gasteiger partial charge in [0.25, 0.3) is 5.91 Å². The van der Waals surface area contributed by atoms with Crippen molar-refractivity contribution in [3.63, 3.8) is 0 Å². The van der Waals surface area contributed by atoms with Gasteiger partial charge in [0.1, 0.15) is 11.5 Å². The molecule has 2 heterocycles. The number of hydrogen-bond acceptors (Lipinski definition) is 3. The van der Waals surface area contributed by atoms with Gasteiger partial charge in [-0.25, -0.2) is 9.18 Å². The van der Waals surface area contributed by atoms with Crippen LogP contribution in [0.25, 0.3) is 11.3 Å². The number of rotatable bonds is 4. The molecule has 1 aliphatic rings. The average Bonchev–Trinajstić information content (AvgIpc) is 3.34. The van der Waals surface area contributed by atoms with Gasteiger partial charge in [-0.3, -0.25) is 14.8 Å². The lowest BCUT2D eigenvalue weighted by Crippen LogP contribution is -2.29. The van der Waals surface area contributed by atoms with Gasteiger partial charge in [-0.05, 0) is 48.9 Å². The Morgan fingerprint density at radius 1 is 1.00 bits per heavy atom. The predicted octanol–water partition coefficient (Wildman–Crippen LogP) is 4.97. The molecule has 4 aromatic rings. The third-order valence-corrected chi connectivity index (χ3v) is 5.67. The molecular formula is C25H18FN3O3. The fraction of sp³-hybridized carbons (Fsp3) is 0.0800. The quantitative estimate of drug-likeness (QED) is 0.481. The van der Waals surface area contributed by atoms with Crippen LogP contribution in [-0.4, -0.2) is 27.2 Å². The highest BCUT2D eigenvalue weighted by Gasteiger charge is 2.43.